The van der Waals surface area contributed by atoms with Gasteiger partial charge in [0.05, 0.1) is 6.61 Å². The van der Waals surface area contributed by atoms with Crippen LogP contribution in [0.4, 0.5) is 5.69 Å². The van der Waals surface area contributed by atoms with Gasteiger partial charge in [-0.2, -0.15) is 0 Å². The Kier molecular flexibility index (Phi) is 6.03. The maximum Gasteiger partial charge on any atom is 0.255 e. The van der Waals surface area contributed by atoms with Gasteiger partial charge in [0.1, 0.15) is 0 Å². The molecular formula is C25H26N2O2. The molecule has 1 aliphatic heterocycles. The zero-order valence-electron chi connectivity index (χ0n) is 16.7. The Bertz CT molecular complexity index is 982. The van der Waals surface area contributed by atoms with E-state index in [9.17, 15) is 4.79 Å². The first-order chi connectivity index (χ1) is 14.2. The third-order valence-electron chi connectivity index (χ3n) is 5.33. The lowest BCUT2D eigenvalue weighted by Crippen LogP contribution is -2.29. The number of methoxy groups -OCH3 is 1. The summed E-state index contributed by atoms with van der Waals surface area (Å²) >= 11 is 0. The van der Waals surface area contributed by atoms with E-state index in [0.717, 1.165) is 37.3 Å². The quantitative estimate of drug-likeness (QED) is 0.671. The van der Waals surface area contributed by atoms with Crippen LogP contribution in [0.25, 0.3) is 0 Å². The molecule has 0 bridgehead atoms. The van der Waals surface area contributed by atoms with Gasteiger partial charge in [-0.25, -0.2) is 0 Å². The minimum Gasteiger partial charge on any atom is -0.380 e. The number of benzene rings is 3. The van der Waals surface area contributed by atoms with Gasteiger partial charge in [0.2, 0.25) is 0 Å². The minimum absolute atomic E-state index is 0.0991. The number of rotatable bonds is 6. The lowest BCUT2D eigenvalue weighted by molar-refractivity contribution is 0.102. The second-order valence-electron chi connectivity index (χ2n) is 7.51. The molecule has 0 saturated carbocycles. The Morgan fingerprint density at radius 1 is 0.966 bits per heavy atom. The summed E-state index contributed by atoms with van der Waals surface area (Å²) in [7, 11) is 1.66. The van der Waals surface area contributed by atoms with Crippen LogP contribution in [0.5, 0.6) is 0 Å². The molecule has 1 aliphatic rings. The van der Waals surface area contributed by atoms with Gasteiger partial charge in [-0.1, -0.05) is 48.5 Å². The third-order valence-corrected chi connectivity index (χ3v) is 5.33. The Labute approximate surface area is 172 Å². The lowest BCUT2D eigenvalue weighted by atomic mass is 9.99. The number of nitrogens with one attached hydrogen (secondary N) is 1. The summed E-state index contributed by atoms with van der Waals surface area (Å²) in [6, 6.07) is 24.3. The molecule has 3 aromatic rings. The Hall–Kier alpha value is -2.95. The predicted octanol–water partition coefficient (Wildman–Crippen LogP) is 4.64. The average molecular weight is 386 g/mol. The molecule has 4 nitrogen and oxygen atoms in total. The van der Waals surface area contributed by atoms with Crippen LogP contribution in [0.1, 0.15) is 32.6 Å². The van der Waals surface area contributed by atoms with Crippen LogP contribution in [0, 0.1) is 0 Å². The van der Waals surface area contributed by atoms with Crippen molar-refractivity contribution in [2.75, 3.05) is 19.0 Å². The fourth-order valence-electron chi connectivity index (χ4n) is 3.82. The Balaban J connectivity index is 1.36. The number of ether oxygens (including phenoxy) is 1. The van der Waals surface area contributed by atoms with Gasteiger partial charge in [-0.3, -0.25) is 9.69 Å². The molecule has 0 fully saturated rings. The molecule has 0 spiro atoms. The van der Waals surface area contributed by atoms with Crippen LogP contribution in [0.2, 0.25) is 0 Å². The molecule has 0 aromatic heterocycles. The first-order valence-electron chi connectivity index (χ1n) is 9.98. The highest BCUT2D eigenvalue weighted by Gasteiger charge is 2.16. The molecule has 29 heavy (non-hydrogen) atoms. The van der Waals surface area contributed by atoms with E-state index in [4.69, 9.17) is 4.74 Å². The van der Waals surface area contributed by atoms with Gasteiger partial charge in [-0.05, 0) is 52.9 Å². The molecule has 0 aliphatic carbocycles. The summed E-state index contributed by atoms with van der Waals surface area (Å²) in [6.07, 6.45) is 1.10. The fraction of sp³-hybridized carbons (Fsp3) is 0.240. The van der Waals surface area contributed by atoms with Crippen molar-refractivity contribution in [2.45, 2.75) is 26.1 Å². The molecule has 1 heterocycles. The van der Waals surface area contributed by atoms with Crippen LogP contribution in [-0.4, -0.2) is 24.5 Å². The third kappa shape index (κ3) is 4.91. The van der Waals surface area contributed by atoms with Crippen molar-refractivity contribution in [3.05, 3.63) is 101 Å². The normalized spacial score (nSPS) is 13.7. The van der Waals surface area contributed by atoms with Crippen LogP contribution in [-0.2, 0) is 30.9 Å². The summed E-state index contributed by atoms with van der Waals surface area (Å²) in [5, 5.41) is 2.96. The van der Waals surface area contributed by atoms with Crippen molar-refractivity contribution in [1.82, 2.24) is 4.90 Å². The number of anilines is 1. The van der Waals surface area contributed by atoms with Crippen LogP contribution in [0.15, 0.2) is 72.8 Å². The summed E-state index contributed by atoms with van der Waals surface area (Å²) in [4.78, 5) is 15.0. The average Bonchev–Trinajstić information content (AvgIpc) is 2.75. The molecule has 4 heteroatoms. The van der Waals surface area contributed by atoms with Crippen molar-refractivity contribution in [3.8, 4) is 0 Å². The Morgan fingerprint density at radius 2 is 1.76 bits per heavy atom. The predicted molar refractivity (Wildman–Crippen MR) is 116 cm³/mol. The van der Waals surface area contributed by atoms with E-state index in [1.54, 1.807) is 7.11 Å². The summed E-state index contributed by atoms with van der Waals surface area (Å²) in [5.41, 5.74) is 6.58. The van der Waals surface area contributed by atoms with Crippen LogP contribution in [0.3, 0.4) is 0 Å². The van der Waals surface area contributed by atoms with Crippen LogP contribution < -0.4 is 5.32 Å². The molecule has 148 valence electrons. The minimum atomic E-state index is -0.0991. The molecule has 1 N–H and O–H groups in total. The van der Waals surface area contributed by atoms with E-state index < -0.39 is 0 Å². The largest absolute Gasteiger partial charge is 0.380 e. The molecule has 4 rings (SSSR count). The van der Waals surface area contributed by atoms with E-state index in [-0.39, 0.29) is 5.91 Å². The number of amides is 1. The highest BCUT2D eigenvalue weighted by atomic mass is 16.5. The first kappa shape index (κ1) is 19.4. The van der Waals surface area contributed by atoms with Crippen molar-refractivity contribution in [1.29, 1.82) is 0 Å². The molecule has 0 atom stereocenters. The number of fused-ring (bicyclic) bond motifs is 1. The molecule has 0 saturated heterocycles. The van der Waals surface area contributed by atoms with E-state index in [0.29, 0.717) is 12.2 Å². The smallest absolute Gasteiger partial charge is 0.255 e. The second-order valence-corrected chi connectivity index (χ2v) is 7.51. The molecule has 1 amide bonds. The maximum atomic E-state index is 12.6. The van der Waals surface area contributed by atoms with E-state index in [1.807, 2.05) is 36.4 Å². The topological polar surface area (TPSA) is 41.6 Å². The standard InChI is InChI=1S/C25H26N2O2/c1-29-18-20-5-4-8-24(15-20)26-25(28)22-11-9-19(10-12-22)16-27-14-13-21-6-2-3-7-23(21)17-27/h2-12,15H,13-14,16-18H2,1H3,(H,26,28). The molecule has 3 aromatic carbocycles. The van der Waals surface area contributed by atoms with Gasteiger partial charge in [-0.15, -0.1) is 0 Å². The fourth-order valence-corrected chi connectivity index (χ4v) is 3.82. The van der Waals surface area contributed by atoms with E-state index in [2.05, 4.69) is 46.6 Å². The van der Waals surface area contributed by atoms with Crippen molar-refractivity contribution >= 4 is 11.6 Å². The SMILES string of the molecule is COCc1cccc(NC(=O)c2ccc(CN3CCc4ccccc4C3)cc2)c1. The number of hydrogen-bond donors (Lipinski definition) is 1. The van der Waals surface area contributed by atoms with Crippen molar-refractivity contribution in [3.63, 3.8) is 0 Å². The number of carbonyl (C=O) groups excluding carboxylic acids is 1. The number of carbonyl (C=O) groups is 1. The van der Waals surface area contributed by atoms with Crippen LogP contribution >= 0.6 is 0 Å². The van der Waals surface area contributed by atoms with E-state index >= 15 is 0 Å². The van der Waals surface area contributed by atoms with Gasteiger partial charge in [0, 0.05) is 38.0 Å². The zero-order valence-corrected chi connectivity index (χ0v) is 16.7. The molecular weight excluding hydrogens is 360 g/mol. The van der Waals surface area contributed by atoms with E-state index in [1.165, 1.54) is 16.7 Å². The van der Waals surface area contributed by atoms with Crippen molar-refractivity contribution in [2.24, 2.45) is 0 Å². The van der Waals surface area contributed by atoms with Gasteiger partial charge >= 0.3 is 0 Å². The van der Waals surface area contributed by atoms with Crippen molar-refractivity contribution < 1.29 is 9.53 Å². The summed E-state index contributed by atoms with van der Waals surface area (Å²) < 4.78 is 5.15. The monoisotopic (exact) mass is 386 g/mol. The molecule has 0 radical (unpaired) electrons. The highest BCUT2D eigenvalue weighted by molar-refractivity contribution is 6.04. The Morgan fingerprint density at radius 3 is 2.55 bits per heavy atom. The van der Waals surface area contributed by atoms with Gasteiger partial charge < -0.3 is 10.1 Å². The number of nitrogens with zero attached hydrogens (tertiary/aromatic N) is 1. The lowest BCUT2D eigenvalue weighted by Gasteiger charge is -2.28. The van der Waals surface area contributed by atoms with Gasteiger partial charge in [0.25, 0.3) is 5.91 Å². The second kappa shape index (κ2) is 9.03. The summed E-state index contributed by atoms with van der Waals surface area (Å²) in [5.74, 6) is -0.0991. The summed E-state index contributed by atoms with van der Waals surface area (Å²) in [6.45, 7) is 3.47. The first-order valence-corrected chi connectivity index (χ1v) is 9.98. The highest BCUT2D eigenvalue weighted by Crippen LogP contribution is 2.20. The zero-order chi connectivity index (χ0) is 20.1. The molecule has 0 unspecified atom stereocenters. The van der Waals surface area contributed by atoms with Gasteiger partial charge in [0.15, 0.2) is 0 Å². The maximum absolute atomic E-state index is 12.6. The number of hydrogen-bond acceptors (Lipinski definition) is 3.